The normalized spacial score (nSPS) is 10.8. The van der Waals surface area contributed by atoms with Gasteiger partial charge < -0.3 is 9.73 Å². The van der Waals surface area contributed by atoms with E-state index in [1.54, 1.807) is 12.1 Å². The van der Waals surface area contributed by atoms with Crippen molar-refractivity contribution in [3.63, 3.8) is 0 Å². The molecular weight excluding hydrogens is 231 g/mol. The molecule has 0 fully saturated rings. The topological polar surface area (TPSA) is 38.1 Å². The van der Waals surface area contributed by atoms with E-state index < -0.39 is 0 Å². The summed E-state index contributed by atoms with van der Waals surface area (Å²) in [5.74, 6) is 1.37. The van der Waals surface area contributed by atoms with Gasteiger partial charge >= 0.3 is 0 Å². The van der Waals surface area contributed by atoms with Crippen LogP contribution in [-0.4, -0.2) is 11.5 Å². The van der Waals surface area contributed by atoms with E-state index in [2.05, 4.69) is 10.3 Å². The van der Waals surface area contributed by atoms with E-state index in [9.17, 15) is 4.39 Å². The van der Waals surface area contributed by atoms with Gasteiger partial charge in [-0.05, 0) is 44.5 Å². The van der Waals surface area contributed by atoms with Crippen LogP contribution in [0.2, 0.25) is 0 Å². The minimum absolute atomic E-state index is 0.188. The lowest BCUT2D eigenvalue weighted by atomic mass is 10.1. The first kappa shape index (κ1) is 12.8. The molecule has 0 saturated heterocycles. The van der Waals surface area contributed by atoms with Gasteiger partial charge in [0.05, 0.1) is 12.2 Å². The Balaban J connectivity index is 1.76. The molecule has 0 atom stereocenters. The van der Waals surface area contributed by atoms with Crippen molar-refractivity contribution in [2.75, 3.05) is 6.54 Å². The summed E-state index contributed by atoms with van der Waals surface area (Å²) in [5, 5.41) is 3.23. The highest BCUT2D eigenvalue weighted by molar-refractivity contribution is 5.16. The van der Waals surface area contributed by atoms with Crippen LogP contribution in [0.3, 0.4) is 0 Å². The molecule has 0 unspecified atom stereocenters. The number of hydrogen-bond donors (Lipinski definition) is 1. The molecule has 0 radical (unpaired) electrons. The lowest BCUT2D eigenvalue weighted by molar-refractivity contribution is 0.450. The van der Waals surface area contributed by atoms with Crippen molar-refractivity contribution < 1.29 is 8.81 Å². The van der Waals surface area contributed by atoms with Gasteiger partial charge in [0, 0.05) is 0 Å². The molecule has 3 nitrogen and oxygen atoms in total. The molecule has 0 saturated carbocycles. The van der Waals surface area contributed by atoms with Gasteiger partial charge in [-0.3, -0.25) is 0 Å². The SMILES string of the molecule is Cc1nc(CNCCc2cccc(F)c2)oc1C. The van der Waals surface area contributed by atoms with Gasteiger partial charge in [0.1, 0.15) is 11.6 Å². The van der Waals surface area contributed by atoms with E-state index in [1.165, 1.54) is 6.07 Å². The van der Waals surface area contributed by atoms with Crippen molar-refractivity contribution in [3.8, 4) is 0 Å². The fraction of sp³-hybridized carbons (Fsp3) is 0.357. The molecule has 0 amide bonds. The predicted octanol–water partition coefficient (Wildman–Crippen LogP) is 2.76. The molecular formula is C14H17FN2O. The zero-order valence-corrected chi connectivity index (χ0v) is 10.7. The lowest BCUT2D eigenvalue weighted by Gasteiger charge is -2.02. The van der Waals surface area contributed by atoms with Crippen LogP contribution in [0.1, 0.15) is 22.9 Å². The summed E-state index contributed by atoms with van der Waals surface area (Å²) in [6, 6.07) is 6.66. The van der Waals surface area contributed by atoms with E-state index in [4.69, 9.17) is 4.42 Å². The Morgan fingerprint density at radius 1 is 1.33 bits per heavy atom. The molecule has 0 aliphatic heterocycles. The molecule has 1 aromatic carbocycles. The average Bonchev–Trinajstić information content (AvgIpc) is 2.65. The Hall–Kier alpha value is -1.68. The molecule has 0 spiro atoms. The number of benzene rings is 1. The first-order valence-corrected chi connectivity index (χ1v) is 6.03. The molecule has 96 valence electrons. The first-order valence-electron chi connectivity index (χ1n) is 6.03. The van der Waals surface area contributed by atoms with Gasteiger partial charge in [0.25, 0.3) is 0 Å². The van der Waals surface area contributed by atoms with Crippen molar-refractivity contribution in [1.29, 1.82) is 0 Å². The summed E-state index contributed by atoms with van der Waals surface area (Å²) in [6.45, 7) is 5.20. The Morgan fingerprint density at radius 2 is 2.17 bits per heavy atom. The quantitative estimate of drug-likeness (QED) is 0.827. The maximum Gasteiger partial charge on any atom is 0.208 e. The summed E-state index contributed by atoms with van der Waals surface area (Å²) >= 11 is 0. The Bertz CT molecular complexity index is 503. The fourth-order valence-electron chi connectivity index (χ4n) is 1.74. The van der Waals surface area contributed by atoms with Crippen LogP contribution in [-0.2, 0) is 13.0 Å². The minimum atomic E-state index is -0.188. The van der Waals surface area contributed by atoms with Gasteiger partial charge in [0.15, 0.2) is 0 Å². The third-order valence-corrected chi connectivity index (χ3v) is 2.83. The Kier molecular flexibility index (Phi) is 4.10. The second-order valence-corrected chi connectivity index (χ2v) is 4.31. The van der Waals surface area contributed by atoms with Crippen molar-refractivity contribution in [2.24, 2.45) is 0 Å². The first-order chi connectivity index (χ1) is 8.65. The molecule has 1 heterocycles. The zero-order valence-electron chi connectivity index (χ0n) is 10.7. The number of aromatic nitrogens is 1. The number of halogens is 1. The van der Waals surface area contributed by atoms with Crippen LogP contribution in [0.25, 0.3) is 0 Å². The van der Waals surface area contributed by atoms with Crippen molar-refractivity contribution in [3.05, 3.63) is 53.0 Å². The monoisotopic (exact) mass is 248 g/mol. The summed E-state index contributed by atoms with van der Waals surface area (Å²) in [6.07, 6.45) is 0.788. The van der Waals surface area contributed by atoms with Crippen LogP contribution in [0, 0.1) is 19.7 Å². The Morgan fingerprint density at radius 3 is 2.83 bits per heavy atom. The van der Waals surface area contributed by atoms with Crippen LogP contribution < -0.4 is 5.32 Å². The number of aryl methyl sites for hydroxylation is 2. The minimum Gasteiger partial charge on any atom is -0.444 e. The highest BCUT2D eigenvalue weighted by atomic mass is 19.1. The molecule has 1 aromatic heterocycles. The van der Waals surface area contributed by atoms with Gasteiger partial charge in [-0.2, -0.15) is 0 Å². The molecule has 0 bridgehead atoms. The van der Waals surface area contributed by atoms with Gasteiger partial charge in [-0.25, -0.2) is 9.37 Å². The van der Waals surface area contributed by atoms with Gasteiger partial charge in [-0.15, -0.1) is 0 Å². The molecule has 2 rings (SSSR count). The number of oxazole rings is 1. The number of nitrogens with zero attached hydrogens (tertiary/aromatic N) is 1. The predicted molar refractivity (Wildman–Crippen MR) is 67.8 cm³/mol. The highest BCUT2D eigenvalue weighted by Gasteiger charge is 2.04. The molecule has 1 N–H and O–H groups in total. The van der Waals surface area contributed by atoms with Gasteiger partial charge in [0.2, 0.25) is 5.89 Å². The van der Waals surface area contributed by atoms with Crippen LogP contribution in [0.5, 0.6) is 0 Å². The number of hydrogen-bond acceptors (Lipinski definition) is 3. The van der Waals surface area contributed by atoms with Crippen molar-refractivity contribution >= 4 is 0 Å². The third-order valence-electron chi connectivity index (χ3n) is 2.83. The third kappa shape index (κ3) is 3.40. The fourth-order valence-corrected chi connectivity index (χ4v) is 1.74. The van der Waals surface area contributed by atoms with Crippen LogP contribution in [0.15, 0.2) is 28.7 Å². The smallest absolute Gasteiger partial charge is 0.208 e. The average molecular weight is 248 g/mol. The van der Waals surface area contributed by atoms with Crippen LogP contribution in [0.4, 0.5) is 4.39 Å². The summed E-state index contributed by atoms with van der Waals surface area (Å²) in [5.41, 5.74) is 1.92. The van der Waals surface area contributed by atoms with Crippen molar-refractivity contribution in [2.45, 2.75) is 26.8 Å². The van der Waals surface area contributed by atoms with Crippen molar-refractivity contribution in [1.82, 2.24) is 10.3 Å². The standard InChI is InChI=1S/C14H17FN2O/c1-10-11(2)18-14(17-10)9-16-7-6-12-4-3-5-13(15)8-12/h3-5,8,16H,6-7,9H2,1-2H3. The largest absolute Gasteiger partial charge is 0.444 e. The van der Waals surface area contributed by atoms with E-state index in [0.717, 1.165) is 30.0 Å². The Labute approximate surface area is 106 Å². The molecule has 4 heteroatoms. The number of rotatable bonds is 5. The van der Waals surface area contributed by atoms with E-state index in [0.29, 0.717) is 12.4 Å². The van der Waals surface area contributed by atoms with E-state index >= 15 is 0 Å². The van der Waals surface area contributed by atoms with E-state index in [1.807, 2.05) is 19.9 Å². The molecule has 0 aliphatic carbocycles. The zero-order chi connectivity index (χ0) is 13.0. The van der Waals surface area contributed by atoms with E-state index in [-0.39, 0.29) is 5.82 Å². The molecule has 18 heavy (non-hydrogen) atoms. The van der Waals surface area contributed by atoms with Crippen LogP contribution >= 0.6 is 0 Å². The second kappa shape index (κ2) is 5.78. The number of nitrogens with one attached hydrogen (secondary N) is 1. The maximum atomic E-state index is 12.9. The maximum absolute atomic E-state index is 12.9. The van der Waals surface area contributed by atoms with Gasteiger partial charge in [-0.1, -0.05) is 12.1 Å². The lowest BCUT2D eigenvalue weighted by Crippen LogP contribution is -2.16. The highest BCUT2D eigenvalue weighted by Crippen LogP contribution is 2.08. The summed E-state index contributed by atoms with van der Waals surface area (Å²) in [4.78, 5) is 4.28. The summed E-state index contributed by atoms with van der Waals surface area (Å²) < 4.78 is 18.4. The molecule has 2 aromatic rings. The second-order valence-electron chi connectivity index (χ2n) is 4.31. The summed E-state index contributed by atoms with van der Waals surface area (Å²) in [7, 11) is 0. The molecule has 0 aliphatic rings.